The molecule has 102 valence electrons. The minimum absolute atomic E-state index is 0.0497. The van der Waals surface area contributed by atoms with Crippen LogP contribution in [0.3, 0.4) is 0 Å². The second-order valence-corrected chi connectivity index (χ2v) is 6.05. The van der Waals surface area contributed by atoms with Gasteiger partial charge >= 0.3 is 0 Å². The monoisotopic (exact) mass is 250 g/mol. The Morgan fingerprint density at radius 3 is 2.11 bits per heavy atom. The normalized spacial score (nSPS) is 11.8. The highest BCUT2D eigenvalue weighted by atomic mass is 15.2. The molecule has 0 bridgehead atoms. The van der Waals surface area contributed by atoms with Crippen molar-refractivity contribution < 1.29 is 0 Å². The van der Waals surface area contributed by atoms with Gasteiger partial charge in [-0.25, -0.2) is 9.97 Å². The molecule has 4 nitrogen and oxygen atoms in total. The Balaban J connectivity index is 3.41. The van der Waals surface area contributed by atoms with Crippen LogP contribution in [0, 0.1) is 6.92 Å². The summed E-state index contributed by atoms with van der Waals surface area (Å²) in [5, 5.41) is 3.16. The van der Waals surface area contributed by atoms with Crippen molar-refractivity contribution in [3.05, 3.63) is 11.4 Å². The van der Waals surface area contributed by atoms with E-state index < -0.39 is 0 Å². The first-order valence-corrected chi connectivity index (χ1v) is 6.48. The highest BCUT2D eigenvalue weighted by Gasteiger charge is 2.22. The van der Waals surface area contributed by atoms with Crippen molar-refractivity contribution >= 4 is 11.6 Å². The number of anilines is 2. The number of rotatable bonds is 3. The second-order valence-electron chi connectivity index (χ2n) is 6.05. The molecule has 18 heavy (non-hydrogen) atoms. The first-order valence-electron chi connectivity index (χ1n) is 6.48. The van der Waals surface area contributed by atoms with Gasteiger partial charge in [0.2, 0.25) is 0 Å². The van der Waals surface area contributed by atoms with Gasteiger partial charge in [-0.2, -0.15) is 0 Å². The summed E-state index contributed by atoms with van der Waals surface area (Å²) in [6.45, 7) is 12.8. The van der Waals surface area contributed by atoms with Crippen LogP contribution >= 0.6 is 0 Å². The summed E-state index contributed by atoms with van der Waals surface area (Å²) < 4.78 is 0. The molecular weight excluding hydrogens is 224 g/mol. The molecule has 0 aliphatic heterocycles. The zero-order valence-electron chi connectivity index (χ0n) is 12.9. The van der Waals surface area contributed by atoms with E-state index in [-0.39, 0.29) is 5.41 Å². The Labute approximate surface area is 111 Å². The molecule has 0 aromatic carbocycles. The minimum atomic E-state index is -0.0497. The maximum atomic E-state index is 4.75. The molecule has 0 atom stereocenters. The zero-order chi connectivity index (χ0) is 14.1. The third-order valence-electron chi connectivity index (χ3n) is 3.14. The van der Waals surface area contributed by atoms with Gasteiger partial charge in [-0.1, -0.05) is 20.8 Å². The van der Waals surface area contributed by atoms with Crippen molar-refractivity contribution in [1.29, 1.82) is 0 Å². The number of nitrogens with zero attached hydrogens (tertiary/aromatic N) is 3. The van der Waals surface area contributed by atoms with E-state index >= 15 is 0 Å². The van der Waals surface area contributed by atoms with Gasteiger partial charge in [0.1, 0.15) is 17.5 Å². The lowest BCUT2D eigenvalue weighted by Gasteiger charge is -2.27. The summed E-state index contributed by atoms with van der Waals surface area (Å²) in [5.74, 6) is 2.80. The molecule has 0 spiro atoms. The number of hydrogen-bond acceptors (Lipinski definition) is 4. The lowest BCUT2D eigenvalue weighted by molar-refractivity contribution is 0.543. The molecule has 0 saturated carbocycles. The fourth-order valence-electron chi connectivity index (χ4n) is 1.67. The average Bonchev–Trinajstić information content (AvgIpc) is 2.26. The number of aromatic nitrogens is 2. The Kier molecular flexibility index (Phi) is 4.20. The van der Waals surface area contributed by atoms with Crippen LogP contribution in [0.25, 0.3) is 0 Å². The first-order chi connectivity index (χ1) is 8.18. The van der Waals surface area contributed by atoms with Crippen LogP contribution in [0.5, 0.6) is 0 Å². The third kappa shape index (κ3) is 2.92. The van der Waals surface area contributed by atoms with Gasteiger partial charge in [-0.15, -0.1) is 0 Å². The van der Waals surface area contributed by atoms with Gasteiger partial charge in [-0.05, 0) is 20.8 Å². The molecule has 0 saturated heterocycles. The largest absolute Gasteiger partial charge is 0.373 e. The van der Waals surface area contributed by atoms with E-state index in [1.165, 1.54) is 0 Å². The van der Waals surface area contributed by atoms with E-state index in [4.69, 9.17) is 4.98 Å². The standard InChI is InChI=1S/C14H26N4/c1-9(2)18(8)12-10(3)11(15-7)16-13(17-12)14(4,5)6/h9H,1-8H3,(H,15,16,17). The predicted molar refractivity (Wildman–Crippen MR) is 78.6 cm³/mol. The van der Waals surface area contributed by atoms with Crippen LogP contribution in [0.2, 0.25) is 0 Å². The summed E-state index contributed by atoms with van der Waals surface area (Å²) >= 11 is 0. The van der Waals surface area contributed by atoms with Crippen LogP contribution in [0.4, 0.5) is 11.6 Å². The maximum absolute atomic E-state index is 4.75. The molecule has 1 rings (SSSR count). The van der Waals surface area contributed by atoms with Crippen molar-refractivity contribution in [2.75, 3.05) is 24.3 Å². The minimum Gasteiger partial charge on any atom is -0.373 e. The molecule has 1 N–H and O–H groups in total. The smallest absolute Gasteiger partial charge is 0.138 e. The lowest BCUT2D eigenvalue weighted by Crippen LogP contribution is -2.29. The zero-order valence-corrected chi connectivity index (χ0v) is 12.9. The van der Waals surface area contributed by atoms with Crippen molar-refractivity contribution in [2.45, 2.75) is 53.0 Å². The van der Waals surface area contributed by atoms with E-state index in [0.29, 0.717) is 6.04 Å². The molecule has 1 aromatic rings. The van der Waals surface area contributed by atoms with Crippen molar-refractivity contribution in [3.63, 3.8) is 0 Å². The summed E-state index contributed by atoms with van der Waals surface area (Å²) in [4.78, 5) is 11.6. The topological polar surface area (TPSA) is 41.1 Å². The molecule has 0 unspecified atom stereocenters. The number of hydrogen-bond donors (Lipinski definition) is 1. The van der Waals surface area contributed by atoms with Crippen LogP contribution in [0.15, 0.2) is 0 Å². The van der Waals surface area contributed by atoms with Gasteiger partial charge in [-0.3, -0.25) is 0 Å². The predicted octanol–water partition coefficient (Wildman–Crippen LogP) is 2.97. The Hall–Kier alpha value is -1.32. The molecule has 0 amide bonds. The molecule has 1 heterocycles. The van der Waals surface area contributed by atoms with Crippen LogP contribution in [0.1, 0.15) is 46.0 Å². The second kappa shape index (κ2) is 5.12. The van der Waals surface area contributed by atoms with E-state index in [1.807, 2.05) is 7.05 Å². The van der Waals surface area contributed by atoms with E-state index in [0.717, 1.165) is 23.0 Å². The van der Waals surface area contributed by atoms with Gasteiger partial charge in [0.15, 0.2) is 0 Å². The van der Waals surface area contributed by atoms with Gasteiger partial charge in [0.05, 0.1) is 0 Å². The maximum Gasteiger partial charge on any atom is 0.138 e. The van der Waals surface area contributed by atoms with Crippen LogP contribution < -0.4 is 10.2 Å². The summed E-state index contributed by atoms with van der Waals surface area (Å²) in [5.41, 5.74) is 1.05. The van der Waals surface area contributed by atoms with Crippen molar-refractivity contribution in [1.82, 2.24) is 9.97 Å². The van der Waals surface area contributed by atoms with Crippen LogP contribution in [-0.2, 0) is 5.41 Å². The molecule has 1 aromatic heterocycles. The van der Waals surface area contributed by atoms with E-state index in [9.17, 15) is 0 Å². The fourth-order valence-corrected chi connectivity index (χ4v) is 1.67. The van der Waals surface area contributed by atoms with E-state index in [1.54, 1.807) is 0 Å². The Morgan fingerprint density at radius 1 is 1.17 bits per heavy atom. The Bertz CT molecular complexity index is 419. The van der Waals surface area contributed by atoms with Crippen LogP contribution in [-0.4, -0.2) is 30.1 Å². The molecule has 0 aliphatic carbocycles. The highest BCUT2D eigenvalue weighted by molar-refractivity contribution is 5.58. The van der Waals surface area contributed by atoms with E-state index in [2.05, 4.69) is 63.8 Å². The lowest BCUT2D eigenvalue weighted by atomic mass is 9.95. The highest BCUT2D eigenvalue weighted by Crippen LogP contribution is 2.28. The first kappa shape index (κ1) is 14.7. The van der Waals surface area contributed by atoms with Crippen molar-refractivity contribution in [3.8, 4) is 0 Å². The average molecular weight is 250 g/mol. The summed E-state index contributed by atoms with van der Waals surface area (Å²) in [6, 6.07) is 0.413. The van der Waals surface area contributed by atoms with Gasteiger partial charge in [0, 0.05) is 31.1 Å². The Morgan fingerprint density at radius 2 is 1.72 bits per heavy atom. The SMILES string of the molecule is CNc1nc(C(C)(C)C)nc(N(C)C(C)C)c1C. The van der Waals surface area contributed by atoms with Gasteiger partial charge in [0.25, 0.3) is 0 Å². The molecular formula is C14H26N4. The van der Waals surface area contributed by atoms with Gasteiger partial charge < -0.3 is 10.2 Å². The molecule has 4 heteroatoms. The third-order valence-corrected chi connectivity index (χ3v) is 3.14. The number of nitrogens with one attached hydrogen (secondary N) is 1. The molecule has 0 radical (unpaired) electrons. The van der Waals surface area contributed by atoms with Crippen molar-refractivity contribution in [2.24, 2.45) is 0 Å². The quantitative estimate of drug-likeness (QED) is 0.895. The summed E-state index contributed by atoms with van der Waals surface area (Å²) in [7, 11) is 3.98. The molecule has 0 fully saturated rings. The summed E-state index contributed by atoms with van der Waals surface area (Å²) in [6.07, 6.45) is 0. The molecule has 0 aliphatic rings. The fraction of sp³-hybridized carbons (Fsp3) is 0.714.